The first-order valence-corrected chi connectivity index (χ1v) is 13.2. The summed E-state index contributed by atoms with van der Waals surface area (Å²) in [7, 11) is 0. The van der Waals surface area contributed by atoms with Crippen LogP contribution in [0.15, 0.2) is 36.5 Å². The topological polar surface area (TPSA) is 79.6 Å². The molecule has 1 aliphatic carbocycles. The van der Waals surface area contributed by atoms with Gasteiger partial charge in [0.05, 0.1) is 24.5 Å². The summed E-state index contributed by atoms with van der Waals surface area (Å²) in [5, 5.41) is 9.48. The van der Waals surface area contributed by atoms with Crippen LogP contribution in [0.25, 0.3) is 5.69 Å². The molecule has 1 unspecified atom stereocenters. The van der Waals surface area contributed by atoms with Gasteiger partial charge in [-0.25, -0.2) is 22.9 Å². The van der Waals surface area contributed by atoms with Gasteiger partial charge in [-0.2, -0.15) is 0 Å². The number of fused-ring (bicyclic) bond motifs is 3. The number of alkyl halides is 2. The highest BCUT2D eigenvalue weighted by Gasteiger charge is 2.54. The molecule has 9 nitrogen and oxygen atoms in total. The second kappa shape index (κ2) is 8.48. The minimum Gasteiger partial charge on any atom is -0.446 e. The number of benzene rings is 1. The first-order chi connectivity index (χ1) is 18.6. The quantitative estimate of drug-likeness (QED) is 0.464. The van der Waals surface area contributed by atoms with Gasteiger partial charge in [-0.3, -0.25) is 9.47 Å². The number of hydrogen-bond donors (Lipinski definition) is 0. The zero-order valence-corrected chi connectivity index (χ0v) is 21.8. The van der Waals surface area contributed by atoms with Crippen molar-refractivity contribution in [1.82, 2.24) is 24.6 Å². The summed E-state index contributed by atoms with van der Waals surface area (Å²) >= 11 is 6.32. The average Bonchev–Trinajstić information content (AvgIpc) is 3.20. The van der Waals surface area contributed by atoms with Crippen LogP contribution in [0, 0.1) is 11.2 Å². The number of amides is 1. The Labute approximate surface area is 227 Å². The lowest BCUT2D eigenvalue weighted by atomic mass is 9.73. The molecule has 0 radical (unpaired) electrons. The first-order valence-electron chi connectivity index (χ1n) is 12.8. The molecule has 2 saturated heterocycles. The highest BCUT2D eigenvalue weighted by atomic mass is 35.5. The SMILES string of the molecule is CC1c2nnc(N3CC4(CN(c5ccc(F)cn5)C4)C3)n2-c2ccc(Cl)cc2CN1C(=O)OC1CC(F)(F)C1. The lowest BCUT2D eigenvalue weighted by molar-refractivity contribution is -0.148. The summed E-state index contributed by atoms with van der Waals surface area (Å²) in [5.74, 6) is -1.17. The number of halogens is 4. The van der Waals surface area contributed by atoms with Crippen molar-refractivity contribution in [1.29, 1.82) is 0 Å². The third kappa shape index (κ3) is 4.07. The summed E-state index contributed by atoms with van der Waals surface area (Å²) < 4.78 is 47.2. The van der Waals surface area contributed by atoms with Crippen LogP contribution >= 0.6 is 11.6 Å². The number of carbonyl (C=O) groups excluding carboxylic acids is 1. The lowest BCUT2D eigenvalue weighted by Crippen LogP contribution is -2.73. The monoisotopic (exact) mass is 559 g/mol. The smallest absolute Gasteiger partial charge is 0.410 e. The fourth-order valence-electron chi connectivity index (χ4n) is 6.06. The largest absolute Gasteiger partial charge is 0.446 e. The van der Waals surface area contributed by atoms with Crippen LogP contribution in [-0.4, -0.2) is 68.9 Å². The Morgan fingerprint density at radius 1 is 1.08 bits per heavy atom. The third-order valence-corrected chi connectivity index (χ3v) is 8.35. The van der Waals surface area contributed by atoms with E-state index >= 15 is 0 Å². The van der Waals surface area contributed by atoms with Crippen molar-refractivity contribution >= 4 is 29.5 Å². The van der Waals surface area contributed by atoms with Crippen molar-refractivity contribution in [2.75, 3.05) is 36.0 Å². The Morgan fingerprint density at radius 2 is 1.82 bits per heavy atom. The van der Waals surface area contributed by atoms with Crippen LogP contribution in [0.2, 0.25) is 5.02 Å². The predicted octanol–water partition coefficient (Wildman–Crippen LogP) is 4.59. The van der Waals surface area contributed by atoms with Crippen molar-refractivity contribution in [3.8, 4) is 5.69 Å². The molecule has 5 heterocycles. The van der Waals surface area contributed by atoms with E-state index in [-0.39, 0.29) is 17.8 Å². The molecule has 3 aromatic rings. The van der Waals surface area contributed by atoms with Crippen LogP contribution < -0.4 is 9.80 Å². The summed E-state index contributed by atoms with van der Waals surface area (Å²) in [4.78, 5) is 23.1. The number of anilines is 2. The summed E-state index contributed by atoms with van der Waals surface area (Å²) in [6.45, 7) is 5.16. The van der Waals surface area contributed by atoms with E-state index in [1.54, 1.807) is 18.2 Å². The molecule has 39 heavy (non-hydrogen) atoms. The summed E-state index contributed by atoms with van der Waals surface area (Å²) in [6, 6.07) is 8.02. The van der Waals surface area contributed by atoms with Gasteiger partial charge >= 0.3 is 6.09 Å². The Morgan fingerprint density at radius 3 is 2.51 bits per heavy atom. The van der Waals surface area contributed by atoms with Crippen LogP contribution in [0.1, 0.15) is 37.2 Å². The molecule has 1 atom stereocenters. The Balaban J connectivity index is 1.13. The molecule has 1 spiro atoms. The molecule has 1 amide bonds. The Hall–Kier alpha value is -3.54. The van der Waals surface area contributed by atoms with Gasteiger partial charge in [0.2, 0.25) is 5.95 Å². The zero-order valence-electron chi connectivity index (χ0n) is 21.0. The van der Waals surface area contributed by atoms with E-state index in [0.717, 1.165) is 43.2 Å². The molecule has 0 bridgehead atoms. The molecule has 2 aromatic heterocycles. The fraction of sp³-hybridized carbons (Fsp3) is 0.462. The minimum atomic E-state index is -2.79. The van der Waals surface area contributed by atoms with Crippen molar-refractivity contribution in [2.24, 2.45) is 5.41 Å². The molecule has 204 valence electrons. The maximum absolute atomic E-state index is 13.3. The van der Waals surface area contributed by atoms with E-state index in [9.17, 15) is 18.0 Å². The van der Waals surface area contributed by atoms with Gasteiger partial charge in [-0.05, 0) is 42.8 Å². The molecule has 0 N–H and O–H groups in total. The number of nitrogens with zero attached hydrogens (tertiary/aromatic N) is 7. The van der Waals surface area contributed by atoms with Crippen LogP contribution in [0.4, 0.5) is 29.7 Å². The number of ether oxygens (including phenoxy) is 1. The highest BCUT2D eigenvalue weighted by Crippen LogP contribution is 2.45. The standard InChI is InChI=1S/C26H25ClF3N7O2/c1-15-22-32-33-23(35-13-25(14-35)11-34(12-25)21-5-3-18(28)9-31-21)37(22)20-4-2-17(27)6-16(20)10-36(15)24(38)39-19-7-26(29,30)8-19/h2-6,9,15,19H,7-8,10-14H2,1H3. The Bertz CT molecular complexity index is 1440. The fourth-order valence-corrected chi connectivity index (χ4v) is 6.26. The summed E-state index contributed by atoms with van der Waals surface area (Å²) in [6.07, 6.45) is -1.17. The molecular formula is C26H25ClF3N7O2. The molecule has 4 aliphatic rings. The van der Waals surface area contributed by atoms with E-state index in [2.05, 4.69) is 25.0 Å². The zero-order chi connectivity index (χ0) is 27.1. The second-order valence-corrected chi connectivity index (χ2v) is 11.5. The molecule has 1 aromatic carbocycles. The molecule has 7 rings (SSSR count). The van der Waals surface area contributed by atoms with Crippen LogP contribution in [0.5, 0.6) is 0 Å². The summed E-state index contributed by atoms with van der Waals surface area (Å²) in [5.41, 5.74) is 1.67. The maximum Gasteiger partial charge on any atom is 0.410 e. The number of rotatable bonds is 3. The van der Waals surface area contributed by atoms with Gasteiger partial charge < -0.3 is 14.5 Å². The van der Waals surface area contributed by atoms with Gasteiger partial charge in [-0.1, -0.05) is 11.6 Å². The molecular weight excluding hydrogens is 535 g/mol. The number of aromatic nitrogens is 4. The minimum absolute atomic E-state index is 0.0856. The van der Waals surface area contributed by atoms with E-state index in [4.69, 9.17) is 16.3 Å². The van der Waals surface area contributed by atoms with Gasteiger partial charge in [0.25, 0.3) is 5.92 Å². The third-order valence-electron chi connectivity index (χ3n) is 8.11. The van der Waals surface area contributed by atoms with E-state index in [0.29, 0.717) is 16.8 Å². The number of pyridine rings is 1. The van der Waals surface area contributed by atoms with Crippen molar-refractivity contribution in [3.63, 3.8) is 0 Å². The van der Waals surface area contributed by atoms with Crippen molar-refractivity contribution in [3.05, 3.63) is 58.8 Å². The molecule has 3 fully saturated rings. The number of hydrogen-bond acceptors (Lipinski definition) is 7. The van der Waals surface area contributed by atoms with Gasteiger partial charge in [0, 0.05) is 49.5 Å². The van der Waals surface area contributed by atoms with Crippen LogP contribution in [-0.2, 0) is 11.3 Å². The van der Waals surface area contributed by atoms with Crippen molar-refractivity contribution < 1.29 is 22.7 Å². The number of carbonyl (C=O) groups is 1. The Kier molecular flexibility index (Phi) is 5.33. The average molecular weight is 560 g/mol. The molecule has 13 heteroatoms. The van der Waals surface area contributed by atoms with E-state index in [1.807, 2.05) is 17.6 Å². The van der Waals surface area contributed by atoms with E-state index in [1.165, 1.54) is 17.2 Å². The van der Waals surface area contributed by atoms with Crippen LogP contribution in [0.3, 0.4) is 0 Å². The first kappa shape index (κ1) is 24.5. The van der Waals surface area contributed by atoms with Gasteiger partial charge in [-0.15, -0.1) is 10.2 Å². The van der Waals surface area contributed by atoms with Crippen molar-refractivity contribution in [2.45, 2.75) is 44.4 Å². The highest BCUT2D eigenvalue weighted by molar-refractivity contribution is 6.30. The maximum atomic E-state index is 13.3. The normalized spacial score (nSPS) is 22.8. The predicted molar refractivity (Wildman–Crippen MR) is 136 cm³/mol. The molecule has 3 aliphatic heterocycles. The molecule has 1 saturated carbocycles. The van der Waals surface area contributed by atoms with Gasteiger partial charge in [0.15, 0.2) is 5.82 Å². The van der Waals surface area contributed by atoms with E-state index < -0.39 is 37.0 Å². The lowest BCUT2D eigenvalue weighted by Gasteiger charge is -2.60. The second-order valence-electron chi connectivity index (χ2n) is 11.1. The van der Waals surface area contributed by atoms with Gasteiger partial charge in [0.1, 0.15) is 17.7 Å².